The minimum Gasteiger partial charge on any atom is -0.352 e. The molecule has 0 aliphatic heterocycles. The van der Waals surface area contributed by atoms with Gasteiger partial charge in [0.05, 0.1) is 5.75 Å². The van der Waals surface area contributed by atoms with E-state index in [2.05, 4.69) is 5.32 Å². The molecule has 0 saturated heterocycles. The third-order valence-electron chi connectivity index (χ3n) is 4.84. The standard InChI is InChI=1S/C23H28F2N2O2S/c1-4-16(2)26-23(29)17(3)27(13-18-5-9-20(24)10-6-18)22(28)15-30-14-19-7-11-21(25)12-8-19/h5-12,16-17H,4,13-15H2,1-3H3,(H,26,29). The number of thioether (sulfide) groups is 1. The van der Waals surface area contributed by atoms with E-state index in [1.54, 1.807) is 31.2 Å². The van der Waals surface area contributed by atoms with Crippen LogP contribution in [0.4, 0.5) is 8.78 Å². The fourth-order valence-electron chi connectivity index (χ4n) is 2.75. The summed E-state index contributed by atoms with van der Waals surface area (Å²) >= 11 is 1.40. The Balaban J connectivity index is 2.06. The molecule has 162 valence electrons. The Morgan fingerprint density at radius 3 is 2.03 bits per heavy atom. The third-order valence-corrected chi connectivity index (χ3v) is 5.83. The number of hydrogen-bond donors (Lipinski definition) is 1. The van der Waals surface area contributed by atoms with Crippen molar-refractivity contribution in [2.75, 3.05) is 5.75 Å². The number of halogens is 2. The van der Waals surface area contributed by atoms with Crippen molar-refractivity contribution in [2.45, 2.75) is 51.6 Å². The van der Waals surface area contributed by atoms with E-state index in [0.717, 1.165) is 17.5 Å². The van der Waals surface area contributed by atoms with Gasteiger partial charge < -0.3 is 10.2 Å². The second-order valence-electron chi connectivity index (χ2n) is 7.26. The monoisotopic (exact) mass is 434 g/mol. The van der Waals surface area contributed by atoms with Crippen molar-refractivity contribution in [1.29, 1.82) is 0 Å². The second kappa shape index (κ2) is 11.7. The van der Waals surface area contributed by atoms with Gasteiger partial charge >= 0.3 is 0 Å². The lowest BCUT2D eigenvalue weighted by Gasteiger charge is -2.29. The van der Waals surface area contributed by atoms with Gasteiger partial charge in [0.15, 0.2) is 0 Å². The fraction of sp³-hybridized carbons (Fsp3) is 0.391. The molecule has 2 amide bonds. The van der Waals surface area contributed by atoms with Crippen LogP contribution in [0.1, 0.15) is 38.3 Å². The summed E-state index contributed by atoms with van der Waals surface area (Å²) in [7, 11) is 0. The molecule has 0 spiro atoms. The molecule has 1 N–H and O–H groups in total. The van der Waals surface area contributed by atoms with Crippen LogP contribution in [-0.2, 0) is 21.9 Å². The van der Waals surface area contributed by atoms with E-state index in [0.29, 0.717) is 5.75 Å². The minimum absolute atomic E-state index is 0.00979. The summed E-state index contributed by atoms with van der Waals surface area (Å²) in [6.45, 7) is 5.80. The molecule has 2 atom stereocenters. The van der Waals surface area contributed by atoms with Gasteiger partial charge in [-0.1, -0.05) is 31.2 Å². The maximum Gasteiger partial charge on any atom is 0.242 e. The molecule has 0 fully saturated rings. The highest BCUT2D eigenvalue weighted by Gasteiger charge is 2.26. The SMILES string of the molecule is CCC(C)NC(=O)C(C)N(Cc1ccc(F)cc1)C(=O)CSCc1ccc(F)cc1. The molecule has 0 radical (unpaired) electrons. The number of nitrogens with zero attached hydrogens (tertiary/aromatic N) is 1. The first-order valence-corrected chi connectivity index (χ1v) is 11.1. The van der Waals surface area contributed by atoms with Crippen LogP contribution in [0.15, 0.2) is 48.5 Å². The van der Waals surface area contributed by atoms with Crippen LogP contribution in [-0.4, -0.2) is 34.6 Å². The van der Waals surface area contributed by atoms with Gasteiger partial charge in [-0.2, -0.15) is 0 Å². The number of hydrogen-bond acceptors (Lipinski definition) is 3. The van der Waals surface area contributed by atoms with Gasteiger partial charge in [-0.15, -0.1) is 11.8 Å². The lowest BCUT2D eigenvalue weighted by molar-refractivity contribution is -0.138. The quantitative estimate of drug-likeness (QED) is 0.598. The van der Waals surface area contributed by atoms with Gasteiger partial charge in [0.2, 0.25) is 11.8 Å². The Bertz CT molecular complexity index is 828. The van der Waals surface area contributed by atoms with E-state index in [-0.39, 0.29) is 41.8 Å². The molecule has 0 aromatic heterocycles. The zero-order valence-electron chi connectivity index (χ0n) is 17.5. The Labute approximate surface area is 181 Å². The molecule has 4 nitrogen and oxygen atoms in total. The van der Waals surface area contributed by atoms with E-state index in [9.17, 15) is 18.4 Å². The Morgan fingerprint density at radius 1 is 0.967 bits per heavy atom. The summed E-state index contributed by atoms with van der Waals surface area (Å²) in [6, 6.07) is 11.4. The van der Waals surface area contributed by atoms with Crippen molar-refractivity contribution in [1.82, 2.24) is 10.2 Å². The molecule has 2 unspecified atom stereocenters. The van der Waals surface area contributed by atoms with E-state index in [1.807, 2.05) is 13.8 Å². The highest BCUT2D eigenvalue weighted by Crippen LogP contribution is 2.17. The molecule has 7 heteroatoms. The van der Waals surface area contributed by atoms with E-state index < -0.39 is 6.04 Å². The molecule has 2 rings (SSSR count). The molecule has 2 aromatic carbocycles. The normalized spacial score (nSPS) is 12.8. The summed E-state index contributed by atoms with van der Waals surface area (Å²) in [6.07, 6.45) is 0.790. The van der Waals surface area contributed by atoms with Crippen molar-refractivity contribution >= 4 is 23.6 Å². The van der Waals surface area contributed by atoms with Crippen molar-refractivity contribution in [3.8, 4) is 0 Å². The maximum atomic E-state index is 13.2. The summed E-state index contributed by atoms with van der Waals surface area (Å²) < 4.78 is 26.3. The predicted molar refractivity (Wildman–Crippen MR) is 117 cm³/mol. The van der Waals surface area contributed by atoms with Gasteiger partial charge in [0.25, 0.3) is 0 Å². The van der Waals surface area contributed by atoms with Crippen LogP contribution in [0.5, 0.6) is 0 Å². The highest BCUT2D eigenvalue weighted by molar-refractivity contribution is 7.99. The molecular formula is C23H28F2N2O2S. The van der Waals surface area contributed by atoms with Crippen molar-refractivity contribution in [3.05, 3.63) is 71.3 Å². The number of carbonyl (C=O) groups is 2. The van der Waals surface area contributed by atoms with Crippen LogP contribution in [0.2, 0.25) is 0 Å². The van der Waals surface area contributed by atoms with Crippen LogP contribution in [0, 0.1) is 11.6 Å². The highest BCUT2D eigenvalue weighted by atomic mass is 32.2. The van der Waals surface area contributed by atoms with Gasteiger partial charge in [-0.3, -0.25) is 9.59 Å². The average Bonchev–Trinajstić information content (AvgIpc) is 2.74. The molecule has 0 bridgehead atoms. The van der Waals surface area contributed by atoms with E-state index in [4.69, 9.17) is 0 Å². The largest absolute Gasteiger partial charge is 0.352 e. The van der Waals surface area contributed by atoms with Gasteiger partial charge in [-0.05, 0) is 55.7 Å². The first kappa shape index (κ1) is 23.9. The average molecular weight is 435 g/mol. The van der Waals surface area contributed by atoms with Crippen LogP contribution in [0.25, 0.3) is 0 Å². The molecular weight excluding hydrogens is 406 g/mol. The second-order valence-corrected chi connectivity index (χ2v) is 8.25. The Hall–Kier alpha value is -2.41. The van der Waals surface area contributed by atoms with E-state index >= 15 is 0 Å². The molecule has 0 heterocycles. The van der Waals surface area contributed by atoms with Gasteiger partial charge in [0.1, 0.15) is 17.7 Å². The Morgan fingerprint density at radius 2 is 1.50 bits per heavy atom. The molecule has 0 aliphatic carbocycles. The van der Waals surface area contributed by atoms with Crippen LogP contribution < -0.4 is 5.32 Å². The smallest absolute Gasteiger partial charge is 0.242 e. The van der Waals surface area contributed by atoms with Gasteiger partial charge in [0, 0.05) is 18.3 Å². The third kappa shape index (κ3) is 7.44. The Kier molecular flexibility index (Phi) is 9.30. The first-order chi connectivity index (χ1) is 14.3. The molecule has 30 heavy (non-hydrogen) atoms. The van der Waals surface area contributed by atoms with Crippen molar-refractivity contribution in [3.63, 3.8) is 0 Å². The minimum atomic E-state index is -0.664. The molecule has 2 aromatic rings. The summed E-state index contributed by atoms with van der Waals surface area (Å²) in [5, 5.41) is 2.91. The zero-order chi connectivity index (χ0) is 22.1. The fourth-order valence-corrected chi connectivity index (χ4v) is 3.63. The van der Waals surface area contributed by atoms with Gasteiger partial charge in [-0.25, -0.2) is 8.78 Å². The number of rotatable bonds is 10. The topological polar surface area (TPSA) is 49.4 Å². The van der Waals surface area contributed by atoms with Crippen molar-refractivity contribution in [2.24, 2.45) is 0 Å². The van der Waals surface area contributed by atoms with E-state index in [1.165, 1.54) is 40.9 Å². The van der Waals surface area contributed by atoms with Crippen molar-refractivity contribution < 1.29 is 18.4 Å². The summed E-state index contributed by atoms with van der Waals surface area (Å²) in [4.78, 5) is 27.1. The lowest BCUT2D eigenvalue weighted by atomic mass is 10.1. The predicted octanol–water partition coefficient (Wildman–Crippen LogP) is 4.53. The zero-order valence-corrected chi connectivity index (χ0v) is 18.3. The number of benzene rings is 2. The molecule has 0 aliphatic rings. The number of carbonyl (C=O) groups excluding carboxylic acids is 2. The first-order valence-electron chi connectivity index (χ1n) is 9.96. The summed E-state index contributed by atoms with van der Waals surface area (Å²) in [5.74, 6) is -0.314. The van der Waals surface area contributed by atoms with Crippen LogP contribution >= 0.6 is 11.8 Å². The summed E-state index contributed by atoms with van der Waals surface area (Å²) in [5.41, 5.74) is 1.67. The lowest BCUT2D eigenvalue weighted by Crippen LogP contribution is -2.50. The van der Waals surface area contributed by atoms with Crippen LogP contribution in [0.3, 0.4) is 0 Å². The molecule has 0 saturated carbocycles. The number of nitrogens with one attached hydrogen (secondary N) is 1. The maximum absolute atomic E-state index is 13.2. The number of amides is 2.